The maximum atomic E-state index is 11.8. The van der Waals surface area contributed by atoms with Gasteiger partial charge < -0.3 is 9.80 Å². The van der Waals surface area contributed by atoms with E-state index in [1.54, 1.807) is 11.9 Å². The van der Waals surface area contributed by atoms with Crippen molar-refractivity contribution in [2.75, 3.05) is 34.2 Å². The van der Waals surface area contributed by atoms with E-state index >= 15 is 0 Å². The first-order valence-corrected chi connectivity index (χ1v) is 5.33. The summed E-state index contributed by atoms with van der Waals surface area (Å²) in [6, 6.07) is 2.13. The lowest BCUT2D eigenvalue weighted by molar-refractivity contribution is -0.133. The van der Waals surface area contributed by atoms with E-state index in [-0.39, 0.29) is 5.91 Å². The van der Waals surface area contributed by atoms with Crippen molar-refractivity contribution in [2.45, 2.75) is 19.3 Å². The van der Waals surface area contributed by atoms with Crippen molar-refractivity contribution in [3.8, 4) is 6.07 Å². The summed E-state index contributed by atoms with van der Waals surface area (Å²) in [5.74, 6) is 0.00348. The number of nitrogens with zero attached hydrogens (tertiary/aromatic N) is 3. The van der Waals surface area contributed by atoms with Crippen molar-refractivity contribution >= 4 is 5.91 Å². The fraction of sp³-hybridized carbons (Fsp3) is 0.818. The maximum Gasteiger partial charge on any atom is 0.242 e. The molecular weight excluding hydrogens is 190 g/mol. The normalized spacial score (nSPS) is 17.3. The largest absolute Gasteiger partial charge is 0.344 e. The first-order chi connectivity index (χ1) is 7.02. The molecule has 15 heavy (non-hydrogen) atoms. The Morgan fingerprint density at radius 2 is 1.93 bits per heavy atom. The Morgan fingerprint density at radius 1 is 1.33 bits per heavy atom. The lowest BCUT2D eigenvalue weighted by atomic mass is 10.1. The number of carbonyl (C=O) groups excluding carboxylic acids is 1. The molecule has 0 bridgehead atoms. The zero-order chi connectivity index (χ0) is 11.5. The minimum absolute atomic E-state index is 0.00348. The summed E-state index contributed by atoms with van der Waals surface area (Å²) in [4.78, 5) is 15.6. The molecule has 0 aromatic rings. The maximum absolute atomic E-state index is 11.8. The van der Waals surface area contributed by atoms with Gasteiger partial charge in [-0.25, -0.2) is 0 Å². The molecule has 84 valence electrons. The minimum Gasteiger partial charge on any atom is -0.344 e. The van der Waals surface area contributed by atoms with Crippen LogP contribution in [0.25, 0.3) is 0 Å². The van der Waals surface area contributed by atoms with Crippen LogP contribution in [0.3, 0.4) is 0 Å². The smallest absolute Gasteiger partial charge is 0.242 e. The minimum atomic E-state index is -0.660. The molecule has 4 nitrogen and oxygen atoms in total. The van der Waals surface area contributed by atoms with Gasteiger partial charge in [-0.3, -0.25) is 4.79 Å². The first kappa shape index (κ1) is 12.0. The average molecular weight is 209 g/mol. The monoisotopic (exact) mass is 209 g/mol. The molecular formula is C11H19N3O. The summed E-state index contributed by atoms with van der Waals surface area (Å²) in [5, 5.41) is 8.88. The molecule has 0 unspecified atom stereocenters. The third-order valence-electron chi connectivity index (χ3n) is 2.82. The van der Waals surface area contributed by atoms with Gasteiger partial charge in [0.2, 0.25) is 5.91 Å². The Bertz CT molecular complexity index is 276. The molecule has 0 spiro atoms. The quantitative estimate of drug-likeness (QED) is 0.669. The van der Waals surface area contributed by atoms with Gasteiger partial charge in [-0.2, -0.15) is 5.26 Å². The van der Waals surface area contributed by atoms with E-state index in [0.29, 0.717) is 0 Å². The summed E-state index contributed by atoms with van der Waals surface area (Å²) >= 11 is 0. The Hall–Kier alpha value is -1.08. The van der Waals surface area contributed by atoms with Gasteiger partial charge in [-0.15, -0.1) is 0 Å². The van der Waals surface area contributed by atoms with Gasteiger partial charge in [0.1, 0.15) is 5.41 Å². The molecule has 1 saturated carbocycles. The summed E-state index contributed by atoms with van der Waals surface area (Å²) in [6.45, 7) is 1.71. The highest BCUT2D eigenvalue weighted by Crippen LogP contribution is 2.46. The van der Waals surface area contributed by atoms with Crippen molar-refractivity contribution in [1.29, 1.82) is 5.26 Å². The molecule has 0 aliphatic heterocycles. The predicted molar refractivity (Wildman–Crippen MR) is 58.1 cm³/mol. The number of carbonyl (C=O) groups is 1. The van der Waals surface area contributed by atoms with Gasteiger partial charge >= 0.3 is 0 Å². The Kier molecular flexibility index (Phi) is 3.70. The van der Waals surface area contributed by atoms with Crippen LogP contribution in [0.15, 0.2) is 0 Å². The van der Waals surface area contributed by atoms with E-state index in [9.17, 15) is 4.79 Å². The lowest BCUT2D eigenvalue weighted by Crippen LogP contribution is -2.35. The molecule has 0 heterocycles. The molecule has 1 aliphatic rings. The van der Waals surface area contributed by atoms with Crippen LogP contribution in [0.5, 0.6) is 0 Å². The van der Waals surface area contributed by atoms with E-state index in [1.165, 1.54) is 0 Å². The molecule has 4 heteroatoms. The lowest BCUT2D eigenvalue weighted by Gasteiger charge is -2.20. The highest BCUT2D eigenvalue weighted by atomic mass is 16.2. The van der Waals surface area contributed by atoms with Gasteiger partial charge in [-0.1, -0.05) is 0 Å². The molecule has 0 aromatic carbocycles. The summed E-state index contributed by atoms with van der Waals surface area (Å²) in [5.41, 5.74) is -0.660. The van der Waals surface area contributed by atoms with Crippen molar-refractivity contribution in [3.05, 3.63) is 0 Å². The fourth-order valence-corrected chi connectivity index (χ4v) is 1.59. The second kappa shape index (κ2) is 4.63. The van der Waals surface area contributed by atoms with Gasteiger partial charge in [0.05, 0.1) is 6.07 Å². The SMILES string of the molecule is CN(C)CCCN(C)C(=O)C1(C#N)CC1. The van der Waals surface area contributed by atoms with Crippen molar-refractivity contribution < 1.29 is 4.79 Å². The third-order valence-corrected chi connectivity index (χ3v) is 2.82. The standard InChI is InChI=1S/C11H19N3O/c1-13(2)7-4-8-14(3)10(15)11(9-12)5-6-11/h4-8H2,1-3H3. The zero-order valence-corrected chi connectivity index (χ0v) is 9.79. The molecule has 1 amide bonds. The third kappa shape index (κ3) is 2.93. The number of nitriles is 1. The molecule has 0 saturated heterocycles. The van der Waals surface area contributed by atoms with Crippen LogP contribution in [0, 0.1) is 16.7 Å². The summed E-state index contributed by atoms with van der Waals surface area (Å²) < 4.78 is 0. The molecule has 0 N–H and O–H groups in total. The predicted octanol–water partition coefficient (Wildman–Crippen LogP) is 0.700. The van der Waals surface area contributed by atoms with Gasteiger partial charge in [0.25, 0.3) is 0 Å². The fourth-order valence-electron chi connectivity index (χ4n) is 1.59. The molecule has 0 atom stereocenters. The number of rotatable bonds is 5. The van der Waals surface area contributed by atoms with Crippen LogP contribution in [-0.2, 0) is 4.79 Å². The van der Waals surface area contributed by atoms with Crippen molar-refractivity contribution in [3.63, 3.8) is 0 Å². The Labute approximate surface area is 91.5 Å². The summed E-state index contributed by atoms with van der Waals surface area (Å²) in [6.07, 6.45) is 2.43. The van der Waals surface area contributed by atoms with Crippen LogP contribution in [0.2, 0.25) is 0 Å². The van der Waals surface area contributed by atoms with Crippen LogP contribution in [0.1, 0.15) is 19.3 Å². The second-order valence-electron chi connectivity index (χ2n) is 4.58. The number of hydrogen-bond donors (Lipinski definition) is 0. The highest BCUT2D eigenvalue weighted by molar-refractivity contribution is 5.88. The second-order valence-corrected chi connectivity index (χ2v) is 4.58. The molecule has 0 aromatic heterocycles. The first-order valence-electron chi connectivity index (χ1n) is 5.33. The zero-order valence-electron chi connectivity index (χ0n) is 9.79. The van der Waals surface area contributed by atoms with Crippen LogP contribution in [0.4, 0.5) is 0 Å². The van der Waals surface area contributed by atoms with E-state index < -0.39 is 5.41 Å². The topological polar surface area (TPSA) is 47.3 Å². The number of hydrogen-bond acceptors (Lipinski definition) is 3. The van der Waals surface area contributed by atoms with Gasteiger partial charge in [-0.05, 0) is 39.9 Å². The van der Waals surface area contributed by atoms with E-state index in [2.05, 4.69) is 11.0 Å². The molecule has 1 rings (SSSR count). The molecule has 1 aliphatic carbocycles. The van der Waals surface area contributed by atoms with Crippen LogP contribution >= 0.6 is 0 Å². The van der Waals surface area contributed by atoms with Gasteiger partial charge in [0, 0.05) is 13.6 Å². The molecule has 0 radical (unpaired) electrons. The Balaban J connectivity index is 2.32. The number of amides is 1. The van der Waals surface area contributed by atoms with E-state index in [0.717, 1.165) is 32.4 Å². The van der Waals surface area contributed by atoms with Crippen LogP contribution < -0.4 is 0 Å². The summed E-state index contributed by atoms with van der Waals surface area (Å²) in [7, 11) is 5.81. The van der Waals surface area contributed by atoms with Crippen LogP contribution in [-0.4, -0.2) is 49.9 Å². The average Bonchev–Trinajstić information content (AvgIpc) is 2.96. The Morgan fingerprint density at radius 3 is 2.33 bits per heavy atom. The van der Waals surface area contributed by atoms with Gasteiger partial charge in [0.15, 0.2) is 0 Å². The highest BCUT2D eigenvalue weighted by Gasteiger charge is 2.51. The molecule has 1 fully saturated rings. The van der Waals surface area contributed by atoms with E-state index in [4.69, 9.17) is 5.26 Å². The van der Waals surface area contributed by atoms with Crippen molar-refractivity contribution in [2.24, 2.45) is 5.41 Å². The van der Waals surface area contributed by atoms with Crippen molar-refractivity contribution in [1.82, 2.24) is 9.80 Å². The van der Waals surface area contributed by atoms with E-state index in [1.807, 2.05) is 14.1 Å².